The summed E-state index contributed by atoms with van der Waals surface area (Å²) in [6.45, 7) is 8.20. The molecule has 2 heterocycles. The minimum Gasteiger partial charge on any atom is -0.435 e. The summed E-state index contributed by atoms with van der Waals surface area (Å²) < 4.78 is 7.95. The Morgan fingerprint density at radius 3 is 2.44 bits per heavy atom. The smallest absolute Gasteiger partial charge is 0.243 e. The molecule has 0 aliphatic carbocycles. The molecule has 4 aromatic rings. The van der Waals surface area contributed by atoms with Gasteiger partial charge in [0.25, 0.3) is 0 Å². The van der Waals surface area contributed by atoms with Gasteiger partial charge in [-0.1, -0.05) is 47.2 Å². The SMILES string of the molecule is Cc1ccc(-c2nnn3c2c(=NC(C)(C)C)oc2ccccc23)cc1. The Labute approximate surface area is 145 Å². The zero-order valence-electron chi connectivity index (χ0n) is 14.8. The molecule has 0 aliphatic rings. The minimum atomic E-state index is -0.277. The predicted molar refractivity (Wildman–Crippen MR) is 98.2 cm³/mol. The van der Waals surface area contributed by atoms with Gasteiger partial charge in [-0.05, 0) is 39.8 Å². The molecular weight excluding hydrogens is 312 g/mol. The molecule has 4 rings (SSSR count). The lowest BCUT2D eigenvalue weighted by molar-refractivity contribution is 0.479. The molecule has 126 valence electrons. The maximum absolute atomic E-state index is 6.13. The lowest BCUT2D eigenvalue weighted by Gasteiger charge is -2.11. The van der Waals surface area contributed by atoms with Crippen molar-refractivity contribution in [1.82, 2.24) is 14.8 Å². The van der Waals surface area contributed by atoms with E-state index in [1.165, 1.54) is 5.56 Å². The van der Waals surface area contributed by atoms with Crippen molar-refractivity contribution < 1.29 is 4.42 Å². The first-order valence-corrected chi connectivity index (χ1v) is 8.32. The topological polar surface area (TPSA) is 55.7 Å². The largest absolute Gasteiger partial charge is 0.435 e. The number of hydrogen-bond donors (Lipinski definition) is 0. The van der Waals surface area contributed by atoms with Crippen molar-refractivity contribution in [2.75, 3.05) is 0 Å². The fourth-order valence-corrected chi connectivity index (χ4v) is 2.80. The monoisotopic (exact) mass is 332 g/mol. The summed E-state index contributed by atoms with van der Waals surface area (Å²) in [5.41, 5.74) is 5.64. The maximum atomic E-state index is 6.13. The van der Waals surface area contributed by atoms with Gasteiger partial charge in [-0.2, -0.15) is 0 Å². The third-order valence-electron chi connectivity index (χ3n) is 3.93. The summed E-state index contributed by atoms with van der Waals surface area (Å²) in [6, 6.07) is 16.0. The van der Waals surface area contributed by atoms with E-state index in [2.05, 4.69) is 41.5 Å². The third kappa shape index (κ3) is 2.82. The molecule has 0 radical (unpaired) electrons. The molecule has 0 atom stereocenters. The lowest BCUT2D eigenvalue weighted by Crippen LogP contribution is -2.18. The van der Waals surface area contributed by atoms with Crippen molar-refractivity contribution in [3.63, 3.8) is 0 Å². The van der Waals surface area contributed by atoms with Crippen LogP contribution in [0.25, 0.3) is 27.9 Å². The first-order chi connectivity index (χ1) is 11.9. The number of para-hydroxylation sites is 2. The van der Waals surface area contributed by atoms with Crippen molar-refractivity contribution in [2.24, 2.45) is 4.99 Å². The van der Waals surface area contributed by atoms with Crippen LogP contribution in [0.4, 0.5) is 0 Å². The quantitative estimate of drug-likeness (QED) is 0.526. The van der Waals surface area contributed by atoms with E-state index in [0.717, 1.165) is 27.9 Å². The van der Waals surface area contributed by atoms with E-state index in [1.54, 1.807) is 0 Å². The highest BCUT2D eigenvalue weighted by Crippen LogP contribution is 2.23. The predicted octanol–water partition coefficient (Wildman–Crippen LogP) is 4.15. The molecule has 0 bridgehead atoms. The van der Waals surface area contributed by atoms with Crippen molar-refractivity contribution in [3.8, 4) is 11.3 Å². The zero-order chi connectivity index (χ0) is 17.6. The van der Waals surface area contributed by atoms with Crippen LogP contribution < -0.4 is 5.55 Å². The molecule has 25 heavy (non-hydrogen) atoms. The van der Waals surface area contributed by atoms with Crippen LogP contribution in [0, 0.1) is 6.92 Å². The van der Waals surface area contributed by atoms with Gasteiger partial charge in [-0.15, -0.1) is 5.10 Å². The number of benzene rings is 2. The summed E-state index contributed by atoms with van der Waals surface area (Å²) in [5, 5.41) is 8.81. The molecule has 0 saturated heterocycles. The summed E-state index contributed by atoms with van der Waals surface area (Å²) in [7, 11) is 0. The van der Waals surface area contributed by atoms with Gasteiger partial charge in [-0.25, -0.2) is 9.51 Å². The Kier molecular flexibility index (Phi) is 3.46. The fourth-order valence-electron chi connectivity index (χ4n) is 2.80. The Morgan fingerprint density at radius 1 is 1.00 bits per heavy atom. The van der Waals surface area contributed by atoms with E-state index in [1.807, 2.05) is 49.6 Å². The van der Waals surface area contributed by atoms with Gasteiger partial charge in [0, 0.05) is 5.56 Å². The number of fused-ring (bicyclic) bond motifs is 3. The standard InChI is InChI=1S/C20H20N4O/c1-13-9-11-14(12-10-13)17-18-19(21-20(2,3)4)25-16-8-6-5-7-15(16)24(18)23-22-17/h5-12H,1-4H3. The van der Waals surface area contributed by atoms with Crippen LogP contribution in [0.3, 0.4) is 0 Å². The Hall–Kier alpha value is -2.95. The summed E-state index contributed by atoms with van der Waals surface area (Å²) in [6.07, 6.45) is 0. The first-order valence-electron chi connectivity index (χ1n) is 8.32. The van der Waals surface area contributed by atoms with Crippen LogP contribution in [-0.2, 0) is 0 Å². The van der Waals surface area contributed by atoms with E-state index in [0.29, 0.717) is 5.55 Å². The molecule has 0 amide bonds. The van der Waals surface area contributed by atoms with Crippen LogP contribution in [0.1, 0.15) is 26.3 Å². The van der Waals surface area contributed by atoms with Gasteiger partial charge in [0.2, 0.25) is 5.55 Å². The normalized spacial score (nSPS) is 13.0. The number of aryl methyl sites for hydroxylation is 1. The molecule has 0 fully saturated rings. The van der Waals surface area contributed by atoms with Crippen LogP contribution in [0.15, 0.2) is 57.9 Å². The molecular formula is C20H20N4O. The Bertz CT molecular complexity index is 1130. The van der Waals surface area contributed by atoms with Crippen molar-refractivity contribution in [2.45, 2.75) is 33.2 Å². The number of rotatable bonds is 1. The third-order valence-corrected chi connectivity index (χ3v) is 3.93. The second-order valence-corrected chi connectivity index (χ2v) is 7.22. The van der Waals surface area contributed by atoms with Crippen LogP contribution >= 0.6 is 0 Å². The summed E-state index contributed by atoms with van der Waals surface area (Å²) in [4.78, 5) is 4.78. The number of aromatic nitrogens is 3. The van der Waals surface area contributed by atoms with E-state index in [4.69, 9.17) is 9.41 Å². The molecule has 5 heteroatoms. The second-order valence-electron chi connectivity index (χ2n) is 7.22. The lowest BCUT2D eigenvalue weighted by atomic mass is 10.1. The molecule has 0 saturated carbocycles. The van der Waals surface area contributed by atoms with Crippen LogP contribution in [0.2, 0.25) is 0 Å². The van der Waals surface area contributed by atoms with E-state index in [-0.39, 0.29) is 5.54 Å². The molecule has 0 unspecified atom stereocenters. The molecule has 2 aromatic heterocycles. The minimum absolute atomic E-state index is 0.277. The number of hydrogen-bond acceptors (Lipinski definition) is 4. The summed E-state index contributed by atoms with van der Waals surface area (Å²) >= 11 is 0. The van der Waals surface area contributed by atoms with Gasteiger partial charge in [0.05, 0.1) is 5.54 Å². The highest BCUT2D eigenvalue weighted by Gasteiger charge is 2.17. The fraction of sp³-hybridized carbons (Fsp3) is 0.250. The van der Waals surface area contributed by atoms with Crippen molar-refractivity contribution >= 4 is 16.6 Å². The van der Waals surface area contributed by atoms with Gasteiger partial charge >= 0.3 is 0 Å². The van der Waals surface area contributed by atoms with Crippen molar-refractivity contribution in [3.05, 3.63) is 59.6 Å². The van der Waals surface area contributed by atoms with Gasteiger partial charge < -0.3 is 4.42 Å². The zero-order valence-corrected chi connectivity index (χ0v) is 14.8. The van der Waals surface area contributed by atoms with E-state index in [9.17, 15) is 0 Å². The molecule has 5 nitrogen and oxygen atoms in total. The van der Waals surface area contributed by atoms with Crippen LogP contribution in [0.5, 0.6) is 0 Å². The first kappa shape index (κ1) is 15.6. The summed E-state index contributed by atoms with van der Waals surface area (Å²) in [5.74, 6) is 0. The van der Waals surface area contributed by atoms with Crippen LogP contribution in [-0.4, -0.2) is 20.4 Å². The maximum Gasteiger partial charge on any atom is 0.243 e. The molecule has 0 aliphatic heterocycles. The second kappa shape index (κ2) is 5.55. The van der Waals surface area contributed by atoms with E-state index >= 15 is 0 Å². The van der Waals surface area contributed by atoms with E-state index < -0.39 is 0 Å². The highest BCUT2D eigenvalue weighted by atomic mass is 16.3. The molecule has 0 spiro atoms. The van der Waals surface area contributed by atoms with Gasteiger partial charge in [0.15, 0.2) is 11.1 Å². The van der Waals surface area contributed by atoms with Gasteiger partial charge in [-0.3, -0.25) is 0 Å². The average molecular weight is 332 g/mol. The number of nitrogens with zero attached hydrogens (tertiary/aromatic N) is 4. The van der Waals surface area contributed by atoms with Crippen molar-refractivity contribution in [1.29, 1.82) is 0 Å². The molecule has 0 N–H and O–H groups in total. The Balaban J connectivity index is 2.14. The highest BCUT2D eigenvalue weighted by molar-refractivity contribution is 5.82. The average Bonchev–Trinajstić information content (AvgIpc) is 3.00. The Morgan fingerprint density at radius 2 is 1.72 bits per heavy atom. The van der Waals surface area contributed by atoms with Gasteiger partial charge in [0.1, 0.15) is 11.2 Å². The molecule has 2 aromatic carbocycles.